The molecule has 2 N–H and O–H groups in total. The van der Waals surface area contributed by atoms with Crippen LogP contribution in [0, 0.1) is 0 Å². The molecule has 0 bridgehead atoms. The number of fused-ring (bicyclic) bond motifs is 1. The summed E-state index contributed by atoms with van der Waals surface area (Å²) < 4.78 is 5.98. The Morgan fingerprint density at radius 3 is 2.46 bits per heavy atom. The number of benzene rings is 2. The van der Waals surface area contributed by atoms with Crippen LogP contribution in [0.4, 0.5) is 10.6 Å². The van der Waals surface area contributed by atoms with Crippen LogP contribution < -0.4 is 10.6 Å². The number of pyridine rings is 1. The number of nitrogens with zero attached hydrogens (tertiary/aromatic N) is 1. The molecule has 2 heterocycles. The quantitative estimate of drug-likeness (QED) is 0.562. The lowest BCUT2D eigenvalue weighted by Gasteiger charge is -2.17. The van der Waals surface area contributed by atoms with Crippen LogP contribution in [0.3, 0.4) is 0 Å². The average molecular weight is 343 g/mol. The first kappa shape index (κ1) is 15.9. The van der Waals surface area contributed by atoms with Gasteiger partial charge in [0, 0.05) is 11.6 Å². The first-order valence-corrected chi connectivity index (χ1v) is 8.31. The number of hydrogen-bond donors (Lipinski definition) is 2. The zero-order chi connectivity index (χ0) is 17.8. The highest BCUT2D eigenvalue weighted by molar-refractivity contribution is 5.89. The Balaban J connectivity index is 1.64. The molecule has 0 saturated heterocycles. The largest absolute Gasteiger partial charge is 0.459 e. The lowest BCUT2D eigenvalue weighted by molar-refractivity contribution is 0.248. The summed E-state index contributed by atoms with van der Waals surface area (Å²) in [5, 5.41) is 6.71. The third-order valence-electron chi connectivity index (χ3n) is 4.04. The third-order valence-corrected chi connectivity index (χ3v) is 4.04. The van der Waals surface area contributed by atoms with Crippen LogP contribution in [0.25, 0.3) is 11.0 Å². The van der Waals surface area contributed by atoms with Crippen molar-refractivity contribution in [2.45, 2.75) is 6.04 Å². The molecule has 26 heavy (non-hydrogen) atoms. The van der Waals surface area contributed by atoms with Gasteiger partial charge in [0.1, 0.15) is 23.2 Å². The molecule has 0 aliphatic heterocycles. The Bertz CT molecular complexity index is 980. The molecule has 1 unspecified atom stereocenters. The molecule has 5 heteroatoms. The second kappa shape index (κ2) is 7.11. The minimum atomic E-state index is -0.410. The fourth-order valence-electron chi connectivity index (χ4n) is 2.83. The van der Waals surface area contributed by atoms with Crippen LogP contribution in [-0.4, -0.2) is 11.0 Å². The summed E-state index contributed by atoms with van der Waals surface area (Å²) >= 11 is 0. The molecular formula is C21H17N3O2. The number of aromatic nitrogens is 1. The van der Waals surface area contributed by atoms with Crippen LogP contribution in [0.5, 0.6) is 0 Å². The summed E-state index contributed by atoms with van der Waals surface area (Å²) in [6.07, 6.45) is 1.63. The van der Waals surface area contributed by atoms with Crippen molar-refractivity contribution in [2.75, 3.05) is 5.32 Å². The summed E-state index contributed by atoms with van der Waals surface area (Å²) in [4.78, 5) is 16.6. The Kier molecular flexibility index (Phi) is 4.35. The van der Waals surface area contributed by atoms with E-state index >= 15 is 0 Å². The van der Waals surface area contributed by atoms with E-state index in [9.17, 15) is 4.79 Å². The van der Waals surface area contributed by atoms with Crippen molar-refractivity contribution < 1.29 is 9.21 Å². The monoisotopic (exact) mass is 343 g/mol. The lowest BCUT2D eigenvalue weighted by Crippen LogP contribution is -2.33. The van der Waals surface area contributed by atoms with Crippen LogP contribution in [-0.2, 0) is 0 Å². The van der Waals surface area contributed by atoms with Gasteiger partial charge in [0.2, 0.25) is 0 Å². The van der Waals surface area contributed by atoms with Gasteiger partial charge >= 0.3 is 6.03 Å². The van der Waals surface area contributed by atoms with Gasteiger partial charge in [0.25, 0.3) is 0 Å². The van der Waals surface area contributed by atoms with Crippen LogP contribution in [0.1, 0.15) is 17.4 Å². The molecule has 0 fully saturated rings. The SMILES string of the molecule is O=C(Nc1ccccn1)NC(c1ccccc1)c1cc2ccccc2o1. The van der Waals surface area contributed by atoms with Crippen molar-refractivity contribution in [3.05, 3.63) is 96.4 Å². The van der Waals surface area contributed by atoms with E-state index < -0.39 is 6.04 Å². The third kappa shape index (κ3) is 3.42. The van der Waals surface area contributed by atoms with Crippen molar-refractivity contribution in [1.82, 2.24) is 10.3 Å². The molecule has 128 valence electrons. The summed E-state index contributed by atoms with van der Waals surface area (Å²) in [5.74, 6) is 1.16. The van der Waals surface area contributed by atoms with Gasteiger partial charge in [-0.3, -0.25) is 5.32 Å². The minimum Gasteiger partial charge on any atom is -0.459 e. The summed E-state index contributed by atoms with van der Waals surface area (Å²) in [7, 11) is 0. The highest BCUT2D eigenvalue weighted by Crippen LogP contribution is 2.28. The second-order valence-electron chi connectivity index (χ2n) is 5.84. The number of carbonyl (C=O) groups is 1. The predicted octanol–water partition coefficient (Wildman–Crippen LogP) is 4.74. The average Bonchev–Trinajstić information content (AvgIpc) is 3.11. The molecule has 0 aliphatic carbocycles. The van der Waals surface area contributed by atoms with Crippen LogP contribution >= 0.6 is 0 Å². The zero-order valence-electron chi connectivity index (χ0n) is 13.9. The number of amides is 2. The normalized spacial score (nSPS) is 11.8. The van der Waals surface area contributed by atoms with Gasteiger partial charge in [-0.15, -0.1) is 0 Å². The number of carbonyl (C=O) groups excluding carboxylic acids is 1. The number of nitrogens with one attached hydrogen (secondary N) is 2. The number of rotatable bonds is 4. The highest BCUT2D eigenvalue weighted by atomic mass is 16.3. The first-order valence-electron chi connectivity index (χ1n) is 8.31. The maximum Gasteiger partial charge on any atom is 0.321 e. The molecule has 1 atom stereocenters. The van der Waals surface area contributed by atoms with Crippen molar-refractivity contribution in [3.8, 4) is 0 Å². The fourth-order valence-corrected chi connectivity index (χ4v) is 2.83. The highest BCUT2D eigenvalue weighted by Gasteiger charge is 2.21. The van der Waals surface area contributed by atoms with E-state index in [4.69, 9.17) is 4.42 Å². The second-order valence-corrected chi connectivity index (χ2v) is 5.84. The first-order chi connectivity index (χ1) is 12.8. The van der Waals surface area contributed by atoms with Crippen molar-refractivity contribution in [2.24, 2.45) is 0 Å². The molecule has 4 aromatic rings. The summed E-state index contributed by atoms with van der Waals surface area (Å²) in [6.45, 7) is 0. The van der Waals surface area contributed by atoms with Gasteiger partial charge in [-0.1, -0.05) is 54.6 Å². The van der Waals surface area contributed by atoms with Crippen LogP contribution in [0.15, 0.2) is 89.5 Å². The smallest absolute Gasteiger partial charge is 0.321 e. The lowest BCUT2D eigenvalue weighted by atomic mass is 10.0. The topological polar surface area (TPSA) is 67.2 Å². The van der Waals surface area contributed by atoms with Gasteiger partial charge in [-0.25, -0.2) is 9.78 Å². The number of furan rings is 1. The van der Waals surface area contributed by atoms with E-state index in [2.05, 4.69) is 15.6 Å². The maximum absolute atomic E-state index is 12.5. The minimum absolute atomic E-state index is 0.349. The fraction of sp³-hybridized carbons (Fsp3) is 0.0476. The van der Waals surface area contributed by atoms with E-state index in [1.807, 2.05) is 66.7 Å². The number of para-hydroxylation sites is 1. The van der Waals surface area contributed by atoms with E-state index in [1.54, 1.807) is 18.3 Å². The number of hydrogen-bond acceptors (Lipinski definition) is 3. The van der Waals surface area contributed by atoms with E-state index in [-0.39, 0.29) is 6.03 Å². The Morgan fingerprint density at radius 1 is 0.923 bits per heavy atom. The summed E-state index contributed by atoms with van der Waals surface area (Å²) in [6, 6.07) is 24.0. The van der Waals surface area contributed by atoms with E-state index in [0.29, 0.717) is 11.6 Å². The van der Waals surface area contributed by atoms with Gasteiger partial charge in [-0.2, -0.15) is 0 Å². The molecule has 0 radical (unpaired) electrons. The van der Waals surface area contributed by atoms with Crippen molar-refractivity contribution in [1.29, 1.82) is 0 Å². The van der Waals surface area contributed by atoms with E-state index in [1.165, 1.54) is 0 Å². The molecule has 2 aromatic heterocycles. The molecule has 0 aliphatic rings. The van der Waals surface area contributed by atoms with E-state index in [0.717, 1.165) is 16.5 Å². The molecule has 5 nitrogen and oxygen atoms in total. The standard InChI is InChI=1S/C21H17N3O2/c25-21(23-19-12-6-7-13-22-19)24-20(15-8-2-1-3-9-15)18-14-16-10-4-5-11-17(16)26-18/h1-14,20H,(H2,22,23,24,25). The zero-order valence-corrected chi connectivity index (χ0v) is 13.9. The molecule has 0 spiro atoms. The van der Waals surface area contributed by atoms with Crippen molar-refractivity contribution in [3.63, 3.8) is 0 Å². The summed E-state index contributed by atoms with van der Waals surface area (Å²) in [5.41, 5.74) is 1.72. The number of urea groups is 1. The maximum atomic E-state index is 12.5. The number of anilines is 1. The molecule has 0 saturated carbocycles. The Morgan fingerprint density at radius 2 is 1.69 bits per heavy atom. The van der Waals surface area contributed by atoms with Crippen molar-refractivity contribution >= 4 is 22.8 Å². The van der Waals surface area contributed by atoms with Gasteiger partial charge in [0.05, 0.1) is 0 Å². The Labute approximate surface area is 150 Å². The van der Waals surface area contributed by atoms with Gasteiger partial charge in [0.15, 0.2) is 0 Å². The molecule has 2 amide bonds. The van der Waals surface area contributed by atoms with Crippen LogP contribution in [0.2, 0.25) is 0 Å². The molecular weight excluding hydrogens is 326 g/mol. The van der Waals surface area contributed by atoms with Gasteiger partial charge in [-0.05, 0) is 29.8 Å². The molecule has 2 aromatic carbocycles. The Hall–Kier alpha value is -3.60. The predicted molar refractivity (Wildman–Crippen MR) is 101 cm³/mol. The van der Waals surface area contributed by atoms with Gasteiger partial charge < -0.3 is 9.73 Å². The molecule has 4 rings (SSSR count).